The first-order valence-electron chi connectivity index (χ1n) is 6.50. The van der Waals surface area contributed by atoms with E-state index in [4.69, 9.17) is 0 Å². The Morgan fingerprint density at radius 2 is 2.15 bits per heavy atom. The van der Waals surface area contributed by atoms with Gasteiger partial charge in [0.1, 0.15) is 5.54 Å². The number of likely N-dealkylation sites (tertiary alicyclic amines) is 1. The van der Waals surface area contributed by atoms with E-state index in [9.17, 15) is 14.4 Å². The van der Waals surface area contributed by atoms with Crippen LogP contribution in [0, 0.1) is 6.92 Å². The molecule has 0 aliphatic carbocycles. The first-order chi connectivity index (χ1) is 9.50. The molecule has 1 aromatic rings. The largest absolute Gasteiger partial charge is 0.336 e. The van der Waals surface area contributed by atoms with Crippen molar-refractivity contribution in [1.29, 1.82) is 0 Å². The number of rotatable bonds is 1. The van der Waals surface area contributed by atoms with Crippen molar-refractivity contribution in [2.45, 2.75) is 18.9 Å². The van der Waals surface area contributed by atoms with Gasteiger partial charge in [-0.15, -0.1) is 0 Å². The summed E-state index contributed by atoms with van der Waals surface area (Å²) in [5, 5.41) is 4.86. The fraction of sp³-hybridized carbons (Fsp3) is 0.357. The molecule has 1 atom stereocenters. The van der Waals surface area contributed by atoms with Crippen LogP contribution >= 0.6 is 0 Å². The Morgan fingerprint density at radius 3 is 2.80 bits per heavy atom. The molecule has 3 rings (SSSR count). The highest BCUT2D eigenvalue weighted by molar-refractivity contribution is 6.08. The van der Waals surface area contributed by atoms with Crippen LogP contribution in [0.4, 0.5) is 4.79 Å². The number of benzene rings is 1. The molecule has 0 aromatic heterocycles. The highest BCUT2D eigenvalue weighted by atomic mass is 16.2. The van der Waals surface area contributed by atoms with Gasteiger partial charge in [0.2, 0.25) is 0 Å². The van der Waals surface area contributed by atoms with Crippen LogP contribution in [-0.2, 0) is 4.79 Å². The number of carbonyl (C=O) groups excluding carboxylic acids is 3. The van der Waals surface area contributed by atoms with E-state index in [1.807, 2.05) is 25.1 Å². The van der Waals surface area contributed by atoms with E-state index in [1.165, 1.54) is 0 Å². The molecule has 4 amide bonds. The Labute approximate surface area is 116 Å². The molecule has 6 nitrogen and oxygen atoms in total. The predicted molar refractivity (Wildman–Crippen MR) is 71.1 cm³/mol. The van der Waals surface area contributed by atoms with E-state index in [2.05, 4.69) is 10.6 Å². The van der Waals surface area contributed by atoms with Gasteiger partial charge < -0.3 is 10.2 Å². The van der Waals surface area contributed by atoms with Gasteiger partial charge in [0.05, 0.1) is 6.54 Å². The summed E-state index contributed by atoms with van der Waals surface area (Å²) in [6.07, 6.45) is 0.447. The van der Waals surface area contributed by atoms with Gasteiger partial charge in [-0.2, -0.15) is 0 Å². The molecule has 1 unspecified atom stereocenters. The highest BCUT2D eigenvalue weighted by Crippen LogP contribution is 2.26. The Balaban J connectivity index is 1.79. The minimum absolute atomic E-state index is 0.112. The summed E-state index contributed by atoms with van der Waals surface area (Å²) in [4.78, 5) is 37.1. The number of hydrogen-bond donors (Lipinski definition) is 2. The monoisotopic (exact) mass is 273 g/mol. The second-order valence-corrected chi connectivity index (χ2v) is 5.34. The molecule has 2 saturated heterocycles. The minimum atomic E-state index is -0.948. The van der Waals surface area contributed by atoms with E-state index < -0.39 is 11.6 Å². The molecule has 6 heteroatoms. The van der Waals surface area contributed by atoms with Crippen molar-refractivity contribution in [2.75, 3.05) is 13.1 Å². The lowest BCUT2D eigenvalue weighted by atomic mass is 9.99. The smallest absolute Gasteiger partial charge is 0.322 e. The molecule has 104 valence electrons. The van der Waals surface area contributed by atoms with E-state index in [0.717, 1.165) is 5.56 Å². The predicted octanol–water partition coefficient (Wildman–Crippen LogP) is 0.419. The Kier molecular flexibility index (Phi) is 2.74. The van der Waals surface area contributed by atoms with Crippen LogP contribution < -0.4 is 10.6 Å². The zero-order valence-corrected chi connectivity index (χ0v) is 11.1. The summed E-state index contributed by atoms with van der Waals surface area (Å²) >= 11 is 0. The fourth-order valence-electron chi connectivity index (χ4n) is 2.76. The molecule has 0 radical (unpaired) electrons. The molecule has 0 bridgehead atoms. The molecule has 1 aromatic carbocycles. The maximum absolute atomic E-state index is 12.4. The second kappa shape index (κ2) is 4.33. The van der Waals surface area contributed by atoms with Gasteiger partial charge in [-0.05, 0) is 25.5 Å². The number of hydrogen-bond acceptors (Lipinski definition) is 3. The molecule has 2 heterocycles. The number of amides is 4. The summed E-state index contributed by atoms with van der Waals surface area (Å²) in [6.45, 7) is 2.60. The van der Waals surface area contributed by atoms with Crippen molar-refractivity contribution < 1.29 is 14.4 Å². The summed E-state index contributed by atoms with van der Waals surface area (Å²) in [5.74, 6) is -0.457. The van der Waals surface area contributed by atoms with Crippen molar-refractivity contribution >= 4 is 17.8 Å². The van der Waals surface area contributed by atoms with E-state index in [0.29, 0.717) is 18.5 Å². The number of aryl methyl sites for hydroxylation is 1. The number of nitrogens with zero attached hydrogens (tertiary/aromatic N) is 1. The van der Waals surface area contributed by atoms with Crippen molar-refractivity contribution in [1.82, 2.24) is 15.5 Å². The lowest BCUT2D eigenvalue weighted by Crippen LogP contribution is -2.49. The van der Waals surface area contributed by atoms with Gasteiger partial charge in [0, 0.05) is 12.1 Å². The van der Waals surface area contributed by atoms with Crippen LogP contribution in [0.5, 0.6) is 0 Å². The second-order valence-electron chi connectivity index (χ2n) is 5.34. The molecule has 2 aliphatic heterocycles. The van der Waals surface area contributed by atoms with Crippen molar-refractivity contribution in [3.63, 3.8) is 0 Å². The highest BCUT2D eigenvalue weighted by Gasteiger charge is 2.51. The van der Waals surface area contributed by atoms with Crippen LogP contribution in [0.25, 0.3) is 0 Å². The van der Waals surface area contributed by atoms with E-state index in [-0.39, 0.29) is 18.4 Å². The maximum atomic E-state index is 12.4. The summed E-state index contributed by atoms with van der Waals surface area (Å²) in [7, 11) is 0. The third-order valence-corrected chi connectivity index (χ3v) is 3.84. The average Bonchev–Trinajstić information content (AvgIpc) is 2.94. The lowest BCUT2D eigenvalue weighted by molar-refractivity contribution is -0.123. The SMILES string of the molecule is Cc1cccc(C(=O)N2CCC3(C2)NC(=O)NC3=O)c1. The van der Waals surface area contributed by atoms with Crippen LogP contribution in [0.1, 0.15) is 22.3 Å². The van der Waals surface area contributed by atoms with Gasteiger partial charge in [0.25, 0.3) is 11.8 Å². The van der Waals surface area contributed by atoms with Gasteiger partial charge in [-0.1, -0.05) is 17.7 Å². The Hall–Kier alpha value is -2.37. The lowest BCUT2D eigenvalue weighted by Gasteiger charge is -2.21. The molecule has 2 N–H and O–H groups in total. The Bertz CT molecular complexity index is 613. The Morgan fingerprint density at radius 1 is 1.35 bits per heavy atom. The van der Waals surface area contributed by atoms with Crippen LogP contribution in [0.3, 0.4) is 0 Å². The maximum Gasteiger partial charge on any atom is 0.322 e. The van der Waals surface area contributed by atoms with Crippen LogP contribution in [0.2, 0.25) is 0 Å². The van der Waals surface area contributed by atoms with Gasteiger partial charge in [-0.3, -0.25) is 14.9 Å². The summed E-state index contributed by atoms with van der Waals surface area (Å²) in [6, 6.07) is 6.85. The van der Waals surface area contributed by atoms with E-state index >= 15 is 0 Å². The van der Waals surface area contributed by atoms with E-state index in [1.54, 1.807) is 11.0 Å². The quantitative estimate of drug-likeness (QED) is 0.728. The summed E-state index contributed by atoms with van der Waals surface area (Å²) < 4.78 is 0. The molecule has 2 fully saturated rings. The molecule has 0 saturated carbocycles. The molecular weight excluding hydrogens is 258 g/mol. The standard InChI is InChI=1S/C14H15N3O3/c1-9-3-2-4-10(7-9)11(18)17-6-5-14(8-17)12(19)15-13(20)16-14/h2-4,7H,5-6,8H2,1H3,(H2,15,16,19,20). The van der Waals surface area contributed by atoms with Gasteiger partial charge >= 0.3 is 6.03 Å². The minimum Gasteiger partial charge on any atom is -0.336 e. The fourth-order valence-corrected chi connectivity index (χ4v) is 2.76. The third kappa shape index (κ3) is 1.93. The first kappa shape index (κ1) is 12.7. The number of urea groups is 1. The zero-order chi connectivity index (χ0) is 14.3. The van der Waals surface area contributed by atoms with Crippen LogP contribution in [0.15, 0.2) is 24.3 Å². The molecule has 20 heavy (non-hydrogen) atoms. The van der Waals surface area contributed by atoms with Crippen molar-refractivity contribution in [3.05, 3.63) is 35.4 Å². The normalized spacial score (nSPS) is 24.9. The molecule has 2 aliphatic rings. The van der Waals surface area contributed by atoms with Gasteiger partial charge in [-0.25, -0.2) is 4.79 Å². The first-order valence-corrected chi connectivity index (χ1v) is 6.50. The number of nitrogens with one attached hydrogen (secondary N) is 2. The molecular formula is C14H15N3O3. The van der Waals surface area contributed by atoms with Crippen LogP contribution in [-0.4, -0.2) is 41.4 Å². The average molecular weight is 273 g/mol. The molecule has 1 spiro atoms. The van der Waals surface area contributed by atoms with Crippen molar-refractivity contribution in [2.24, 2.45) is 0 Å². The third-order valence-electron chi connectivity index (χ3n) is 3.84. The van der Waals surface area contributed by atoms with Crippen molar-refractivity contribution in [3.8, 4) is 0 Å². The zero-order valence-electron chi connectivity index (χ0n) is 11.1. The summed E-state index contributed by atoms with van der Waals surface area (Å²) in [5.41, 5.74) is 0.666. The number of imide groups is 1. The van der Waals surface area contributed by atoms with Gasteiger partial charge in [0.15, 0.2) is 0 Å². The number of carbonyl (C=O) groups is 3. The topological polar surface area (TPSA) is 78.5 Å².